The standard InChI is InChI=1S/C45H34BN6.C15H12N2.C2H4O2.Fe/c1-7-19-34(20-8-1)40-31-43(37-25-13-4-14-26-37)50(47-40)46(51-44(38-27-15-5-16-28-38)32-41(48-51)35-21-9-2-10-22-35)52-45(39-29-17-6-18-30-39)33-42(49-52)36-23-11-3-12-24-36;1-3-7-12(8-4-1)14-11-15(17-16-14)13-9-5-2-6-10-13;1-2(3)4;/h1-33,46H;1-11H,(H,16,17);1H3,(H,3,4);/q-1;;;+2/p-1. The van der Waals surface area contributed by atoms with E-state index in [0.717, 1.165) is 97.0 Å². The number of hydrogen-bond donors (Lipinski definition) is 1. The molecule has 0 radical (unpaired) electrons. The van der Waals surface area contributed by atoms with Crippen molar-refractivity contribution in [1.82, 2.24) is 39.3 Å². The van der Waals surface area contributed by atoms with E-state index in [9.17, 15) is 0 Å². The van der Waals surface area contributed by atoms with E-state index in [1.165, 1.54) is 0 Å². The average molecular weight is 1000 g/mol. The number of nitrogens with zero attached hydrogens (tertiary/aromatic N) is 7. The van der Waals surface area contributed by atoms with Crippen molar-refractivity contribution in [2.75, 3.05) is 0 Å². The SMILES string of the molecule is CC(=O)[O-].[Fe+2].c1ccc(-c2cc(-c3ccccc3)[nH]n2)cc1.c1ccc(-c2cc(-c3ccccc3)n([BH-](n3nc(-c4ccccc4)cc3-c3ccccc3)n3nc(-c4ccccc4)cc3-c3ccccc3)n2)cc1. The third kappa shape index (κ3) is 11.5. The number of aromatic amines is 1. The number of carbonyl (C=O) groups is 1. The Balaban J connectivity index is 0.000000254. The number of carbonyl (C=O) groups excluding carboxylic acids is 1. The van der Waals surface area contributed by atoms with Gasteiger partial charge in [-0.05, 0) is 53.4 Å². The molecule has 0 aliphatic heterocycles. The third-order valence-electron chi connectivity index (χ3n) is 12.3. The Bertz CT molecular complexity index is 3300. The van der Waals surface area contributed by atoms with Crippen LogP contribution in [0.15, 0.2) is 267 Å². The summed E-state index contributed by atoms with van der Waals surface area (Å²) < 4.78 is 6.50. The molecule has 12 aromatic rings. The van der Waals surface area contributed by atoms with Gasteiger partial charge in [0.25, 0.3) is 0 Å². The first kappa shape index (κ1) is 49.6. The molecule has 0 saturated carbocycles. The largest absolute Gasteiger partial charge is 2.00 e. The maximum Gasteiger partial charge on any atom is 2.00 e. The monoisotopic (exact) mass is 1000 g/mol. The fraction of sp³-hybridized carbons (Fsp3) is 0.0161. The Kier molecular flexibility index (Phi) is 15.9. The molecule has 0 aliphatic carbocycles. The van der Waals surface area contributed by atoms with Crippen LogP contribution in [0.1, 0.15) is 6.92 Å². The van der Waals surface area contributed by atoms with Gasteiger partial charge in [0.15, 0.2) is 0 Å². The molecule has 0 amide bonds. The van der Waals surface area contributed by atoms with Gasteiger partial charge in [-0.15, -0.1) is 0 Å². The van der Waals surface area contributed by atoms with E-state index in [1.54, 1.807) is 0 Å². The number of carboxylic acids is 1. The van der Waals surface area contributed by atoms with Gasteiger partial charge in [0.05, 0.1) is 28.5 Å². The molecule has 10 nitrogen and oxygen atoms in total. The number of benzene rings is 8. The summed E-state index contributed by atoms with van der Waals surface area (Å²) in [7, 11) is -1.96. The Morgan fingerprint density at radius 2 is 0.595 bits per heavy atom. The van der Waals surface area contributed by atoms with E-state index in [-0.39, 0.29) is 17.1 Å². The number of H-pyrrole nitrogens is 1. The molecule has 4 heterocycles. The fourth-order valence-corrected chi connectivity index (χ4v) is 8.90. The summed E-state index contributed by atoms with van der Waals surface area (Å²) in [5, 5.41) is 32.7. The van der Waals surface area contributed by atoms with Crippen molar-refractivity contribution in [3.63, 3.8) is 0 Å². The van der Waals surface area contributed by atoms with E-state index < -0.39 is 13.1 Å². The summed E-state index contributed by atoms with van der Waals surface area (Å²) in [6.07, 6.45) is 0. The average Bonchev–Trinajstić information content (AvgIpc) is 4.31. The molecule has 74 heavy (non-hydrogen) atoms. The van der Waals surface area contributed by atoms with Crippen LogP contribution >= 0.6 is 0 Å². The van der Waals surface area contributed by atoms with Gasteiger partial charge in [-0.1, -0.05) is 243 Å². The van der Waals surface area contributed by atoms with Crippen molar-refractivity contribution in [3.05, 3.63) is 267 Å². The van der Waals surface area contributed by atoms with E-state index >= 15 is 0 Å². The Morgan fingerprint density at radius 1 is 0.365 bits per heavy atom. The van der Waals surface area contributed by atoms with Gasteiger partial charge in [-0.25, -0.2) is 15.3 Å². The summed E-state index contributed by atoms with van der Waals surface area (Å²) in [4.78, 5) is 8.89. The Labute approximate surface area is 440 Å². The van der Waals surface area contributed by atoms with Gasteiger partial charge in [-0.2, -0.15) is 5.10 Å². The van der Waals surface area contributed by atoms with Crippen LogP contribution in [0.5, 0.6) is 0 Å². The summed E-state index contributed by atoms with van der Waals surface area (Å²) in [5.74, 6) is -1.08. The van der Waals surface area contributed by atoms with Crippen LogP contribution in [0.3, 0.4) is 0 Å². The number of aliphatic carboxylic acids is 1. The molecule has 360 valence electrons. The molecule has 0 atom stereocenters. The second-order valence-electron chi connectivity index (χ2n) is 17.3. The van der Waals surface area contributed by atoms with E-state index in [1.807, 2.05) is 72.8 Å². The number of rotatable bonds is 11. The fourth-order valence-electron chi connectivity index (χ4n) is 8.90. The molecule has 12 heteroatoms. The first-order valence-corrected chi connectivity index (χ1v) is 24.1. The number of carboxylic acid groups (broad SMARTS) is 1. The summed E-state index contributed by atoms with van der Waals surface area (Å²) in [5.41, 5.74) is 16.2. The minimum absolute atomic E-state index is 0. The van der Waals surface area contributed by atoms with Crippen LogP contribution < -0.4 is 5.11 Å². The minimum Gasteiger partial charge on any atom is -0.550 e. The van der Waals surface area contributed by atoms with Gasteiger partial charge < -0.3 is 23.7 Å². The molecule has 1 N–H and O–H groups in total. The van der Waals surface area contributed by atoms with E-state index in [4.69, 9.17) is 25.2 Å². The predicted octanol–water partition coefficient (Wildman–Crippen LogP) is 12.4. The number of nitrogens with one attached hydrogen (secondary N) is 1. The molecule has 12 rings (SSSR count). The van der Waals surface area contributed by atoms with E-state index in [2.05, 4.69) is 218 Å². The third-order valence-corrected chi connectivity index (χ3v) is 12.3. The molecule has 0 fully saturated rings. The molecule has 0 unspecified atom stereocenters. The Morgan fingerprint density at radius 3 is 0.865 bits per heavy atom. The van der Waals surface area contributed by atoms with E-state index in [0.29, 0.717) is 0 Å². The predicted molar refractivity (Wildman–Crippen MR) is 293 cm³/mol. The second kappa shape index (κ2) is 23.7. The summed E-state index contributed by atoms with van der Waals surface area (Å²) >= 11 is 0. The number of hydrogen-bond acceptors (Lipinski definition) is 6. The van der Waals surface area contributed by atoms with Crippen LogP contribution in [-0.2, 0) is 21.9 Å². The summed E-state index contributed by atoms with van der Waals surface area (Å²) in [6, 6.07) is 91.6. The number of aromatic nitrogens is 8. The van der Waals surface area contributed by atoms with Crippen molar-refractivity contribution in [1.29, 1.82) is 0 Å². The molecule has 4 aromatic heterocycles. The van der Waals surface area contributed by atoms with Crippen molar-refractivity contribution in [2.45, 2.75) is 6.92 Å². The zero-order valence-electron chi connectivity index (χ0n) is 40.4. The van der Waals surface area contributed by atoms with Gasteiger partial charge in [0.2, 0.25) is 0 Å². The van der Waals surface area contributed by atoms with Crippen LogP contribution in [-0.4, -0.2) is 52.4 Å². The molecular formula is C62H49BFeN8O2. The van der Waals surface area contributed by atoms with Gasteiger partial charge >= 0.3 is 24.2 Å². The zero-order chi connectivity index (χ0) is 49.8. The maximum absolute atomic E-state index is 8.89. The molecule has 8 aromatic carbocycles. The molecule has 0 aliphatic rings. The van der Waals surface area contributed by atoms with Gasteiger partial charge in [0.1, 0.15) is 0 Å². The van der Waals surface area contributed by atoms with Gasteiger partial charge in [-0.3, -0.25) is 5.10 Å². The first-order chi connectivity index (χ1) is 36.0. The van der Waals surface area contributed by atoms with Gasteiger partial charge in [0, 0.05) is 45.3 Å². The van der Waals surface area contributed by atoms with Crippen molar-refractivity contribution in [2.24, 2.45) is 0 Å². The molecular weight excluding hydrogens is 955 g/mol. The zero-order valence-corrected chi connectivity index (χ0v) is 41.5. The molecule has 0 saturated heterocycles. The summed E-state index contributed by atoms with van der Waals surface area (Å²) in [6.45, 7) is 0.972. The van der Waals surface area contributed by atoms with Crippen LogP contribution in [0.2, 0.25) is 0 Å². The normalized spacial score (nSPS) is 10.6. The minimum atomic E-state index is -1.96. The van der Waals surface area contributed by atoms with Crippen molar-refractivity contribution >= 4 is 13.1 Å². The smallest absolute Gasteiger partial charge is 0.550 e. The topological polar surface area (TPSA) is 122 Å². The Hall–Kier alpha value is -9.35. The van der Waals surface area contributed by atoms with Crippen molar-refractivity contribution < 1.29 is 27.0 Å². The quantitative estimate of drug-likeness (QED) is 0.129. The van der Waals surface area contributed by atoms with Crippen LogP contribution in [0.25, 0.3) is 90.1 Å². The first-order valence-electron chi connectivity index (χ1n) is 24.1. The van der Waals surface area contributed by atoms with Crippen LogP contribution in [0.4, 0.5) is 0 Å². The maximum atomic E-state index is 8.89. The van der Waals surface area contributed by atoms with Crippen molar-refractivity contribution in [3.8, 4) is 90.1 Å². The molecule has 0 spiro atoms. The molecule has 0 bridgehead atoms. The van der Waals surface area contributed by atoms with Crippen LogP contribution in [0, 0.1) is 0 Å². The second-order valence-corrected chi connectivity index (χ2v) is 17.3.